The van der Waals surface area contributed by atoms with E-state index < -0.39 is 0 Å². The zero-order valence-electron chi connectivity index (χ0n) is 13.3. The maximum Gasteiger partial charge on any atom is 0.258 e. The Kier molecular flexibility index (Phi) is 4.62. The number of benzene rings is 1. The van der Waals surface area contributed by atoms with Gasteiger partial charge in [0.1, 0.15) is 5.75 Å². The number of hydrogen-bond acceptors (Lipinski definition) is 2. The molecule has 1 N–H and O–H groups in total. The molecule has 0 unspecified atom stereocenters. The Labute approximate surface area is 137 Å². The molecule has 3 nitrogen and oxygen atoms in total. The first-order valence-electron chi connectivity index (χ1n) is 8.21. The highest BCUT2D eigenvalue weighted by atomic mass is 35.5. The second kappa shape index (κ2) is 6.49. The molecule has 0 aliphatic heterocycles. The van der Waals surface area contributed by atoms with Crippen molar-refractivity contribution in [1.29, 1.82) is 0 Å². The molecule has 2 bridgehead atoms. The van der Waals surface area contributed by atoms with Crippen molar-refractivity contribution in [2.75, 3.05) is 6.61 Å². The molecule has 2 aliphatic carbocycles. The molecule has 0 heterocycles. The zero-order valence-corrected chi connectivity index (χ0v) is 14.0. The van der Waals surface area contributed by atoms with Crippen LogP contribution in [0.1, 0.15) is 38.2 Å². The summed E-state index contributed by atoms with van der Waals surface area (Å²) in [6.45, 7) is 4.13. The lowest BCUT2D eigenvalue weighted by atomic mass is 9.84. The van der Waals surface area contributed by atoms with Gasteiger partial charge in [-0.25, -0.2) is 0 Å². The number of fused-ring (bicyclic) bond motifs is 2. The van der Waals surface area contributed by atoms with Gasteiger partial charge in [0, 0.05) is 11.1 Å². The van der Waals surface area contributed by atoms with E-state index in [2.05, 4.69) is 12.2 Å². The molecule has 0 spiro atoms. The molecule has 2 aliphatic rings. The fourth-order valence-corrected chi connectivity index (χ4v) is 4.45. The van der Waals surface area contributed by atoms with Crippen LogP contribution in [0.3, 0.4) is 0 Å². The minimum absolute atomic E-state index is 0.0374. The summed E-state index contributed by atoms with van der Waals surface area (Å²) >= 11 is 5.92. The molecule has 2 fully saturated rings. The van der Waals surface area contributed by atoms with E-state index in [0.29, 0.717) is 16.7 Å². The standard InChI is InChI=1S/C18H24ClNO2/c1-11-7-15(19)5-6-17(11)22-10-18(21)20-12(2)16-9-13-3-4-14(16)8-13/h5-7,12-14,16H,3-4,8-10H2,1-2H3,(H,20,21)/t12-,13-,14-,16-/m0/s1. The van der Waals surface area contributed by atoms with Gasteiger partial charge in [-0.15, -0.1) is 0 Å². The second-order valence-electron chi connectivity index (χ2n) is 6.89. The van der Waals surface area contributed by atoms with Gasteiger partial charge in [-0.3, -0.25) is 4.79 Å². The highest BCUT2D eigenvalue weighted by Crippen LogP contribution is 2.49. The predicted octanol–water partition coefficient (Wildman–Crippen LogP) is 3.97. The summed E-state index contributed by atoms with van der Waals surface area (Å²) in [4.78, 5) is 12.1. The van der Waals surface area contributed by atoms with Gasteiger partial charge in [0.25, 0.3) is 5.91 Å². The quantitative estimate of drug-likeness (QED) is 0.891. The molecule has 0 aromatic heterocycles. The lowest BCUT2D eigenvalue weighted by Crippen LogP contribution is -2.42. The Morgan fingerprint density at radius 3 is 2.86 bits per heavy atom. The smallest absolute Gasteiger partial charge is 0.258 e. The third-order valence-corrected chi connectivity index (χ3v) is 5.55. The average Bonchev–Trinajstić information content (AvgIpc) is 3.09. The maximum atomic E-state index is 12.1. The van der Waals surface area contributed by atoms with Crippen LogP contribution in [0.15, 0.2) is 18.2 Å². The van der Waals surface area contributed by atoms with Crippen molar-refractivity contribution in [2.24, 2.45) is 17.8 Å². The van der Waals surface area contributed by atoms with Crippen molar-refractivity contribution < 1.29 is 9.53 Å². The number of hydrogen-bond donors (Lipinski definition) is 1. The Hall–Kier alpha value is -1.22. The monoisotopic (exact) mass is 321 g/mol. The Morgan fingerprint density at radius 2 is 2.23 bits per heavy atom. The minimum Gasteiger partial charge on any atom is -0.484 e. The molecule has 22 heavy (non-hydrogen) atoms. The maximum absolute atomic E-state index is 12.1. The molecular formula is C18H24ClNO2. The Balaban J connectivity index is 1.48. The molecule has 2 saturated carbocycles. The molecule has 0 saturated heterocycles. The molecular weight excluding hydrogens is 298 g/mol. The number of carbonyl (C=O) groups is 1. The summed E-state index contributed by atoms with van der Waals surface area (Å²) < 4.78 is 5.61. The van der Waals surface area contributed by atoms with Crippen molar-refractivity contribution in [3.05, 3.63) is 28.8 Å². The van der Waals surface area contributed by atoms with E-state index in [0.717, 1.165) is 17.4 Å². The van der Waals surface area contributed by atoms with Crippen LogP contribution in [-0.2, 0) is 4.79 Å². The number of carbonyl (C=O) groups excluding carboxylic acids is 1. The first kappa shape index (κ1) is 15.7. The zero-order chi connectivity index (χ0) is 15.7. The second-order valence-corrected chi connectivity index (χ2v) is 7.33. The van der Waals surface area contributed by atoms with E-state index in [1.165, 1.54) is 25.7 Å². The molecule has 1 aromatic carbocycles. The van der Waals surface area contributed by atoms with Crippen molar-refractivity contribution in [2.45, 2.75) is 45.6 Å². The number of aryl methyl sites for hydroxylation is 1. The molecule has 120 valence electrons. The van der Waals surface area contributed by atoms with Gasteiger partial charge in [0.05, 0.1) is 0 Å². The van der Waals surface area contributed by atoms with E-state index in [9.17, 15) is 4.79 Å². The van der Waals surface area contributed by atoms with E-state index >= 15 is 0 Å². The topological polar surface area (TPSA) is 38.3 Å². The molecule has 0 radical (unpaired) electrons. The Morgan fingerprint density at radius 1 is 1.41 bits per heavy atom. The normalized spacial score (nSPS) is 27.7. The lowest BCUT2D eigenvalue weighted by molar-refractivity contribution is -0.124. The molecule has 4 heteroatoms. The largest absolute Gasteiger partial charge is 0.484 e. The highest BCUT2D eigenvalue weighted by Gasteiger charge is 2.42. The van der Waals surface area contributed by atoms with Crippen LogP contribution in [0.2, 0.25) is 5.02 Å². The SMILES string of the molecule is Cc1cc(Cl)ccc1OCC(=O)N[C@@H](C)[C@@H]1C[C@H]2CC[C@H]1C2. The van der Waals surface area contributed by atoms with Crippen LogP contribution < -0.4 is 10.1 Å². The van der Waals surface area contributed by atoms with Crippen LogP contribution in [0.5, 0.6) is 5.75 Å². The number of halogens is 1. The fraction of sp³-hybridized carbons (Fsp3) is 0.611. The summed E-state index contributed by atoms with van der Waals surface area (Å²) in [7, 11) is 0. The highest BCUT2D eigenvalue weighted by molar-refractivity contribution is 6.30. The van der Waals surface area contributed by atoms with E-state index in [1.54, 1.807) is 6.07 Å². The first-order chi connectivity index (χ1) is 10.5. The first-order valence-corrected chi connectivity index (χ1v) is 8.59. The van der Waals surface area contributed by atoms with Crippen molar-refractivity contribution in [3.8, 4) is 5.75 Å². The molecule has 4 atom stereocenters. The van der Waals surface area contributed by atoms with Gasteiger partial charge >= 0.3 is 0 Å². The number of amides is 1. The van der Waals surface area contributed by atoms with Gasteiger partial charge in [-0.05, 0) is 74.6 Å². The van der Waals surface area contributed by atoms with Gasteiger partial charge < -0.3 is 10.1 Å². The summed E-state index contributed by atoms with van der Waals surface area (Å²) in [6.07, 6.45) is 5.38. The number of ether oxygens (including phenoxy) is 1. The fourth-order valence-electron chi connectivity index (χ4n) is 4.23. The summed E-state index contributed by atoms with van der Waals surface area (Å²) in [5, 5.41) is 3.80. The number of rotatable bonds is 5. The lowest BCUT2D eigenvalue weighted by Gasteiger charge is -2.28. The third-order valence-electron chi connectivity index (χ3n) is 5.32. The molecule has 1 amide bonds. The van der Waals surface area contributed by atoms with E-state index in [4.69, 9.17) is 16.3 Å². The van der Waals surface area contributed by atoms with Gasteiger partial charge in [-0.1, -0.05) is 18.0 Å². The van der Waals surface area contributed by atoms with E-state index in [-0.39, 0.29) is 18.6 Å². The average molecular weight is 322 g/mol. The van der Waals surface area contributed by atoms with Crippen LogP contribution in [0, 0.1) is 24.7 Å². The van der Waals surface area contributed by atoms with Crippen LogP contribution in [0.4, 0.5) is 0 Å². The van der Waals surface area contributed by atoms with Gasteiger partial charge in [0.2, 0.25) is 0 Å². The summed E-state index contributed by atoms with van der Waals surface area (Å²) in [6, 6.07) is 5.68. The van der Waals surface area contributed by atoms with E-state index in [1.807, 2.05) is 19.1 Å². The third kappa shape index (κ3) is 3.40. The van der Waals surface area contributed by atoms with Crippen molar-refractivity contribution in [3.63, 3.8) is 0 Å². The van der Waals surface area contributed by atoms with Crippen molar-refractivity contribution >= 4 is 17.5 Å². The molecule has 1 aromatic rings. The molecule has 3 rings (SSSR count). The van der Waals surface area contributed by atoms with Gasteiger partial charge in [0.15, 0.2) is 6.61 Å². The summed E-state index contributed by atoms with van der Waals surface area (Å²) in [5.74, 6) is 3.05. The van der Waals surface area contributed by atoms with Gasteiger partial charge in [-0.2, -0.15) is 0 Å². The Bertz CT molecular complexity index is 560. The van der Waals surface area contributed by atoms with Crippen LogP contribution in [0.25, 0.3) is 0 Å². The summed E-state index contributed by atoms with van der Waals surface area (Å²) in [5.41, 5.74) is 0.946. The van der Waals surface area contributed by atoms with Crippen LogP contribution in [-0.4, -0.2) is 18.6 Å². The minimum atomic E-state index is -0.0374. The van der Waals surface area contributed by atoms with Crippen LogP contribution >= 0.6 is 11.6 Å². The predicted molar refractivity (Wildman–Crippen MR) is 88.2 cm³/mol. The number of nitrogens with one attached hydrogen (secondary N) is 1. The van der Waals surface area contributed by atoms with Crippen molar-refractivity contribution in [1.82, 2.24) is 5.32 Å².